The van der Waals surface area contributed by atoms with Crippen molar-refractivity contribution in [2.45, 2.75) is 12.3 Å². The van der Waals surface area contributed by atoms with Gasteiger partial charge in [-0.25, -0.2) is 4.39 Å². The van der Waals surface area contributed by atoms with E-state index in [-0.39, 0.29) is 29.0 Å². The quantitative estimate of drug-likeness (QED) is 0.702. The van der Waals surface area contributed by atoms with E-state index in [1.165, 1.54) is 28.4 Å². The number of amides is 1. The van der Waals surface area contributed by atoms with Crippen molar-refractivity contribution in [1.82, 2.24) is 10.1 Å². The Morgan fingerprint density at radius 3 is 3.00 bits per heavy atom. The van der Waals surface area contributed by atoms with E-state index in [1.54, 1.807) is 6.07 Å². The number of aromatic nitrogens is 2. The molecule has 4 rings (SSSR count). The van der Waals surface area contributed by atoms with Crippen LogP contribution in [0.2, 0.25) is 5.02 Å². The molecule has 1 atom stereocenters. The van der Waals surface area contributed by atoms with Crippen LogP contribution in [0.4, 0.5) is 10.1 Å². The zero-order chi connectivity index (χ0) is 16.7. The van der Waals surface area contributed by atoms with E-state index in [4.69, 9.17) is 16.1 Å². The van der Waals surface area contributed by atoms with Crippen molar-refractivity contribution in [3.63, 3.8) is 0 Å². The highest BCUT2D eigenvalue weighted by atomic mass is 35.5. The Morgan fingerprint density at radius 2 is 2.25 bits per heavy atom. The summed E-state index contributed by atoms with van der Waals surface area (Å²) in [5.74, 6) is -0.0700. The second-order valence-corrected chi connectivity index (χ2v) is 6.82. The fourth-order valence-corrected chi connectivity index (χ4v) is 3.52. The number of rotatable bonds is 3. The Bertz CT molecular complexity index is 897. The zero-order valence-corrected chi connectivity index (χ0v) is 13.9. The third-order valence-electron chi connectivity index (χ3n) is 3.86. The second kappa shape index (κ2) is 5.99. The van der Waals surface area contributed by atoms with Gasteiger partial charge in [0.05, 0.1) is 16.5 Å². The molecule has 122 valence electrons. The number of halogens is 2. The van der Waals surface area contributed by atoms with Gasteiger partial charge in [0.2, 0.25) is 17.6 Å². The largest absolute Gasteiger partial charge is 0.339 e. The van der Waals surface area contributed by atoms with E-state index in [0.717, 1.165) is 4.88 Å². The van der Waals surface area contributed by atoms with Crippen molar-refractivity contribution in [2.24, 2.45) is 0 Å². The molecule has 0 bridgehead atoms. The molecule has 1 aliphatic heterocycles. The van der Waals surface area contributed by atoms with E-state index >= 15 is 0 Å². The van der Waals surface area contributed by atoms with Gasteiger partial charge in [-0.05, 0) is 29.6 Å². The Balaban J connectivity index is 1.58. The standard InChI is InChI=1S/C16H11ClFN3O2S/c17-10-3-4-12(11(18)7-10)21-8-9(6-14(21)22)16-19-15(20-23-16)13-2-1-5-24-13/h1-5,7,9H,6,8H2. The number of hydrogen-bond donors (Lipinski definition) is 0. The summed E-state index contributed by atoms with van der Waals surface area (Å²) in [5, 5.41) is 6.17. The summed E-state index contributed by atoms with van der Waals surface area (Å²) in [6.07, 6.45) is 0.203. The van der Waals surface area contributed by atoms with E-state index in [9.17, 15) is 9.18 Å². The van der Waals surface area contributed by atoms with Gasteiger partial charge < -0.3 is 9.42 Å². The Morgan fingerprint density at radius 1 is 1.38 bits per heavy atom. The highest BCUT2D eigenvalue weighted by molar-refractivity contribution is 7.13. The molecule has 1 aromatic carbocycles. The summed E-state index contributed by atoms with van der Waals surface area (Å²) in [7, 11) is 0. The Labute approximate surface area is 145 Å². The molecular weight excluding hydrogens is 353 g/mol. The lowest BCUT2D eigenvalue weighted by Gasteiger charge is -2.16. The minimum absolute atomic E-state index is 0.183. The minimum atomic E-state index is -0.527. The fraction of sp³-hybridized carbons (Fsp3) is 0.188. The third kappa shape index (κ3) is 2.70. The molecule has 0 N–H and O–H groups in total. The second-order valence-electron chi connectivity index (χ2n) is 5.43. The fourth-order valence-electron chi connectivity index (χ4n) is 2.71. The van der Waals surface area contributed by atoms with Gasteiger partial charge in [0, 0.05) is 18.0 Å². The molecule has 1 amide bonds. The van der Waals surface area contributed by atoms with Crippen LogP contribution in [0.5, 0.6) is 0 Å². The molecule has 0 aliphatic carbocycles. The molecule has 24 heavy (non-hydrogen) atoms. The van der Waals surface area contributed by atoms with Crippen molar-refractivity contribution in [1.29, 1.82) is 0 Å². The smallest absolute Gasteiger partial charge is 0.232 e. The lowest BCUT2D eigenvalue weighted by molar-refractivity contribution is -0.117. The summed E-state index contributed by atoms with van der Waals surface area (Å²) >= 11 is 7.27. The number of nitrogens with zero attached hydrogens (tertiary/aromatic N) is 3. The monoisotopic (exact) mass is 363 g/mol. The topological polar surface area (TPSA) is 59.2 Å². The first-order valence-corrected chi connectivity index (χ1v) is 8.50. The Hall–Kier alpha value is -2.25. The van der Waals surface area contributed by atoms with Crippen LogP contribution >= 0.6 is 22.9 Å². The molecule has 5 nitrogen and oxygen atoms in total. The maximum Gasteiger partial charge on any atom is 0.232 e. The third-order valence-corrected chi connectivity index (χ3v) is 4.96. The first-order chi connectivity index (χ1) is 11.6. The van der Waals surface area contributed by atoms with Crippen LogP contribution in [0.1, 0.15) is 18.2 Å². The van der Waals surface area contributed by atoms with Crippen LogP contribution in [0.15, 0.2) is 40.2 Å². The van der Waals surface area contributed by atoms with Crippen LogP contribution < -0.4 is 4.90 Å². The van der Waals surface area contributed by atoms with Crippen molar-refractivity contribution in [2.75, 3.05) is 11.4 Å². The van der Waals surface area contributed by atoms with Crippen molar-refractivity contribution in [3.8, 4) is 10.7 Å². The molecule has 0 spiro atoms. The first-order valence-electron chi connectivity index (χ1n) is 7.24. The van der Waals surface area contributed by atoms with Crippen LogP contribution in [-0.2, 0) is 4.79 Å². The minimum Gasteiger partial charge on any atom is -0.339 e. The van der Waals surface area contributed by atoms with Crippen LogP contribution in [0, 0.1) is 5.82 Å². The predicted octanol–water partition coefficient (Wildman–Crippen LogP) is 4.11. The number of thiophene rings is 1. The van der Waals surface area contributed by atoms with Gasteiger partial charge in [0.15, 0.2) is 0 Å². The maximum atomic E-state index is 14.1. The summed E-state index contributed by atoms with van der Waals surface area (Å²) in [4.78, 5) is 18.9. The van der Waals surface area contributed by atoms with Gasteiger partial charge in [0.1, 0.15) is 5.82 Å². The number of carbonyl (C=O) groups excluding carboxylic acids is 1. The van der Waals surface area contributed by atoms with Crippen LogP contribution in [-0.4, -0.2) is 22.6 Å². The van der Waals surface area contributed by atoms with E-state index < -0.39 is 5.82 Å². The molecule has 3 heterocycles. The van der Waals surface area contributed by atoms with Crippen LogP contribution in [0.25, 0.3) is 10.7 Å². The Kier molecular flexibility index (Phi) is 3.82. The lowest BCUT2D eigenvalue weighted by atomic mass is 10.1. The summed E-state index contributed by atoms with van der Waals surface area (Å²) < 4.78 is 19.4. The molecule has 1 fully saturated rings. The van der Waals surface area contributed by atoms with E-state index in [2.05, 4.69) is 10.1 Å². The predicted molar refractivity (Wildman–Crippen MR) is 88.7 cm³/mol. The van der Waals surface area contributed by atoms with Gasteiger partial charge in [0.25, 0.3) is 0 Å². The number of hydrogen-bond acceptors (Lipinski definition) is 5. The summed E-state index contributed by atoms with van der Waals surface area (Å²) in [5.41, 5.74) is 0.213. The van der Waals surface area contributed by atoms with Gasteiger partial charge in [-0.15, -0.1) is 11.3 Å². The molecule has 8 heteroatoms. The number of carbonyl (C=O) groups is 1. The lowest BCUT2D eigenvalue weighted by Crippen LogP contribution is -2.25. The van der Waals surface area contributed by atoms with Crippen molar-refractivity contribution >= 4 is 34.5 Å². The maximum absolute atomic E-state index is 14.1. The average molecular weight is 364 g/mol. The zero-order valence-electron chi connectivity index (χ0n) is 12.3. The SMILES string of the molecule is O=C1CC(c2nc(-c3cccs3)no2)CN1c1ccc(Cl)cc1F. The van der Waals surface area contributed by atoms with E-state index in [1.807, 2.05) is 17.5 Å². The molecule has 0 saturated carbocycles. The molecule has 1 saturated heterocycles. The normalized spacial score (nSPS) is 17.7. The van der Waals surface area contributed by atoms with Crippen molar-refractivity contribution in [3.05, 3.63) is 52.4 Å². The summed E-state index contributed by atoms with van der Waals surface area (Å²) in [6, 6.07) is 8.05. The molecule has 1 aliphatic rings. The molecule has 1 unspecified atom stereocenters. The van der Waals surface area contributed by atoms with Gasteiger partial charge in [-0.2, -0.15) is 4.98 Å². The number of anilines is 1. The molecule has 0 radical (unpaired) electrons. The highest BCUT2D eigenvalue weighted by Gasteiger charge is 2.36. The average Bonchev–Trinajstić information content (AvgIpc) is 3.27. The van der Waals surface area contributed by atoms with Gasteiger partial charge in [-0.1, -0.05) is 22.8 Å². The van der Waals surface area contributed by atoms with Crippen molar-refractivity contribution < 1.29 is 13.7 Å². The van der Waals surface area contributed by atoms with Crippen LogP contribution in [0.3, 0.4) is 0 Å². The molecular formula is C16H11ClFN3O2S. The van der Waals surface area contributed by atoms with Gasteiger partial charge >= 0.3 is 0 Å². The number of benzene rings is 1. The highest BCUT2D eigenvalue weighted by Crippen LogP contribution is 2.34. The van der Waals surface area contributed by atoms with Gasteiger partial charge in [-0.3, -0.25) is 4.79 Å². The van der Waals surface area contributed by atoms with E-state index in [0.29, 0.717) is 18.3 Å². The summed E-state index contributed by atoms with van der Waals surface area (Å²) in [6.45, 7) is 0.295. The molecule has 2 aromatic heterocycles. The first kappa shape index (κ1) is 15.3. The molecule has 3 aromatic rings.